The van der Waals surface area contributed by atoms with Crippen LogP contribution in [0.1, 0.15) is 5.56 Å². The molecule has 6 heteroatoms. The normalized spacial score (nSPS) is 10.4. The molecule has 0 aromatic heterocycles. The van der Waals surface area contributed by atoms with Crippen molar-refractivity contribution in [3.8, 4) is 5.75 Å². The van der Waals surface area contributed by atoms with Crippen LogP contribution < -0.4 is 10.1 Å². The number of anilines is 1. The van der Waals surface area contributed by atoms with Gasteiger partial charge >= 0.3 is 0 Å². The number of methoxy groups -OCH3 is 1. The number of ether oxygens (including phenoxy) is 1. The second-order valence-corrected chi connectivity index (χ2v) is 6.94. The topological polar surface area (TPSA) is 21.3 Å². The van der Waals surface area contributed by atoms with Crippen molar-refractivity contribution in [2.75, 3.05) is 12.4 Å². The van der Waals surface area contributed by atoms with Gasteiger partial charge in [0.15, 0.2) is 0 Å². The highest BCUT2D eigenvalue weighted by molar-refractivity contribution is 14.1. The molecule has 2 rings (SSSR count). The average molecular weight is 515 g/mol. The Kier molecular flexibility index (Phi) is 5.68. The standard InChI is InChI=1S/C14H11Br2FINO/c1-20-14-10(15)4-8(5-11(14)16)7-19-13-3-2-9(17)6-12(13)18/h2-6,19H,7H2,1H3. The minimum atomic E-state index is -0.227. The van der Waals surface area contributed by atoms with E-state index in [2.05, 4.69) is 59.8 Å². The molecule has 0 heterocycles. The fourth-order valence-corrected chi connectivity index (χ4v) is 4.01. The fraction of sp³-hybridized carbons (Fsp3) is 0.143. The highest BCUT2D eigenvalue weighted by Gasteiger charge is 2.08. The molecule has 0 radical (unpaired) electrons. The quantitative estimate of drug-likeness (QED) is 0.538. The van der Waals surface area contributed by atoms with Crippen LogP contribution in [0, 0.1) is 9.39 Å². The van der Waals surface area contributed by atoms with Crippen molar-refractivity contribution in [1.82, 2.24) is 0 Å². The zero-order valence-electron chi connectivity index (χ0n) is 10.5. The summed E-state index contributed by atoms with van der Waals surface area (Å²) in [5.74, 6) is 0.542. The van der Waals surface area contributed by atoms with E-state index in [4.69, 9.17) is 4.74 Å². The van der Waals surface area contributed by atoms with Gasteiger partial charge in [0.1, 0.15) is 11.6 Å². The van der Waals surface area contributed by atoms with Gasteiger partial charge in [-0.15, -0.1) is 0 Å². The number of nitrogens with one attached hydrogen (secondary N) is 1. The van der Waals surface area contributed by atoms with Gasteiger partial charge in [0.25, 0.3) is 0 Å². The Balaban J connectivity index is 2.15. The van der Waals surface area contributed by atoms with E-state index in [0.717, 1.165) is 29.5 Å². The maximum atomic E-state index is 13.0. The number of hydrogen-bond donors (Lipinski definition) is 1. The van der Waals surface area contributed by atoms with E-state index in [1.807, 2.05) is 12.1 Å². The molecule has 20 heavy (non-hydrogen) atoms. The summed E-state index contributed by atoms with van der Waals surface area (Å²) in [6.45, 7) is 0.642. The van der Waals surface area contributed by atoms with Crippen LogP contribution in [0.3, 0.4) is 0 Å². The molecule has 0 atom stereocenters. The maximum Gasteiger partial charge on any atom is 0.147 e. The molecule has 0 saturated heterocycles. The van der Waals surface area contributed by atoms with Crippen molar-refractivity contribution >= 4 is 60.1 Å². The summed E-state index contributed by atoms with van der Waals surface area (Å²) in [5.41, 5.74) is 2.00. The van der Waals surface area contributed by atoms with Crippen molar-refractivity contribution in [2.24, 2.45) is 0 Å². The molecular formula is C14H11Br2FINO. The third-order valence-electron chi connectivity index (χ3n) is 2.68. The lowest BCUT2D eigenvalue weighted by Gasteiger charge is -2.12. The van der Waals surface area contributed by atoms with Gasteiger partial charge in [-0.2, -0.15) is 0 Å². The van der Waals surface area contributed by atoms with E-state index >= 15 is 0 Å². The lowest BCUT2D eigenvalue weighted by atomic mass is 10.2. The van der Waals surface area contributed by atoms with Gasteiger partial charge in [-0.05, 0) is 90.3 Å². The molecule has 0 aliphatic rings. The van der Waals surface area contributed by atoms with Crippen molar-refractivity contribution in [3.63, 3.8) is 0 Å². The summed E-state index contributed by atoms with van der Waals surface area (Å²) >= 11 is 9.06. The Bertz CT molecular complexity index is 614. The van der Waals surface area contributed by atoms with Gasteiger partial charge in [-0.3, -0.25) is 0 Å². The summed E-state index contributed by atoms with van der Waals surface area (Å²) in [4.78, 5) is 0. The smallest absolute Gasteiger partial charge is 0.147 e. The fourth-order valence-electron chi connectivity index (χ4n) is 1.74. The largest absolute Gasteiger partial charge is 0.494 e. The zero-order chi connectivity index (χ0) is 14.7. The van der Waals surface area contributed by atoms with Crippen LogP contribution in [0.2, 0.25) is 0 Å². The van der Waals surface area contributed by atoms with Crippen molar-refractivity contribution in [2.45, 2.75) is 6.54 Å². The molecule has 0 bridgehead atoms. The molecule has 0 saturated carbocycles. The molecule has 0 amide bonds. The highest BCUT2D eigenvalue weighted by Crippen LogP contribution is 2.34. The Morgan fingerprint density at radius 1 is 1.20 bits per heavy atom. The number of hydrogen-bond acceptors (Lipinski definition) is 2. The molecule has 0 aliphatic heterocycles. The molecule has 106 valence electrons. The molecule has 0 fully saturated rings. The first-order valence-electron chi connectivity index (χ1n) is 5.72. The lowest BCUT2D eigenvalue weighted by molar-refractivity contribution is 0.409. The Morgan fingerprint density at radius 3 is 2.40 bits per heavy atom. The third kappa shape index (κ3) is 3.85. The summed E-state index contributed by atoms with van der Waals surface area (Å²) < 4.78 is 20.9. The first-order chi connectivity index (χ1) is 9.51. The predicted octanol–water partition coefficient (Wildman–Crippen LogP) is 5.58. The molecule has 0 spiro atoms. The first-order valence-corrected chi connectivity index (χ1v) is 8.38. The van der Waals surface area contributed by atoms with Crippen LogP contribution in [0.5, 0.6) is 5.75 Å². The highest BCUT2D eigenvalue weighted by atomic mass is 127. The SMILES string of the molecule is COc1c(Br)cc(CNc2ccc(F)cc2I)cc1Br. The lowest BCUT2D eigenvalue weighted by Crippen LogP contribution is -2.02. The zero-order valence-corrected chi connectivity index (χ0v) is 15.8. The van der Waals surface area contributed by atoms with Gasteiger partial charge in [0.05, 0.1) is 16.1 Å². The van der Waals surface area contributed by atoms with Crippen LogP contribution in [0.4, 0.5) is 10.1 Å². The minimum absolute atomic E-state index is 0.227. The van der Waals surface area contributed by atoms with Crippen LogP contribution in [0.25, 0.3) is 0 Å². The van der Waals surface area contributed by atoms with Gasteiger partial charge < -0.3 is 10.1 Å². The maximum absolute atomic E-state index is 13.0. The number of benzene rings is 2. The first kappa shape index (κ1) is 16.0. The van der Waals surface area contributed by atoms with Gasteiger partial charge in [0.2, 0.25) is 0 Å². The van der Waals surface area contributed by atoms with E-state index < -0.39 is 0 Å². The van der Waals surface area contributed by atoms with Gasteiger partial charge in [-0.1, -0.05) is 0 Å². The Hall–Kier alpha value is -0.340. The van der Waals surface area contributed by atoms with E-state index in [0.29, 0.717) is 6.54 Å². The molecule has 1 N–H and O–H groups in total. The molecule has 0 aliphatic carbocycles. The van der Waals surface area contributed by atoms with E-state index in [9.17, 15) is 4.39 Å². The summed E-state index contributed by atoms with van der Waals surface area (Å²) in [6, 6.07) is 8.68. The van der Waals surface area contributed by atoms with E-state index in [-0.39, 0.29) is 5.82 Å². The molecular weight excluding hydrogens is 504 g/mol. The number of rotatable bonds is 4. The summed E-state index contributed by atoms with van der Waals surface area (Å²) in [7, 11) is 1.63. The molecule has 0 unspecified atom stereocenters. The van der Waals surface area contributed by atoms with Gasteiger partial charge in [0, 0.05) is 15.8 Å². The van der Waals surface area contributed by atoms with Crippen molar-refractivity contribution in [3.05, 3.63) is 54.2 Å². The monoisotopic (exact) mass is 513 g/mol. The summed E-state index contributed by atoms with van der Waals surface area (Å²) in [5, 5.41) is 3.29. The van der Waals surface area contributed by atoms with Crippen LogP contribution in [-0.4, -0.2) is 7.11 Å². The molecule has 2 aromatic rings. The van der Waals surface area contributed by atoms with E-state index in [1.54, 1.807) is 13.2 Å². The second-order valence-electron chi connectivity index (χ2n) is 4.07. The van der Waals surface area contributed by atoms with E-state index in [1.165, 1.54) is 12.1 Å². The van der Waals surface area contributed by atoms with Gasteiger partial charge in [-0.25, -0.2) is 4.39 Å². The average Bonchev–Trinajstić information content (AvgIpc) is 2.37. The van der Waals surface area contributed by atoms with Crippen molar-refractivity contribution in [1.29, 1.82) is 0 Å². The Morgan fingerprint density at radius 2 is 1.85 bits per heavy atom. The number of halogens is 4. The molecule has 2 aromatic carbocycles. The second kappa shape index (κ2) is 7.09. The van der Waals surface area contributed by atoms with Crippen LogP contribution in [0.15, 0.2) is 39.3 Å². The van der Waals surface area contributed by atoms with Crippen LogP contribution in [-0.2, 0) is 6.54 Å². The summed E-state index contributed by atoms with van der Waals surface area (Å²) in [6.07, 6.45) is 0. The molecule has 2 nitrogen and oxygen atoms in total. The van der Waals surface area contributed by atoms with Crippen molar-refractivity contribution < 1.29 is 9.13 Å². The minimum Gasteiger partial charge on any atom is -0.494 e. The Labute approximate surface area is 147 Å². The van der Waals surface area contributed by atoms with Crippen LogP contribution >= 0.6 is 54.5 Å². The predicted molar refractivity (Wildman–Crippen MR) is 94.8 cm³/mol. The third-order valence-corrected chi connectivity index (χ3v) is 4.75.